The van der Waals surface area contributed by atoms with Crippen LogP contribution in [-0.4, -0.2) is 70.6 Å². The highest BCUT2D eigenvalue weighted by molar-refractivity contribution is 5.82. The van der Waals surface area contributed by atoms with Crippen molar-refractivity contribution >= 4 is 16.8 Å². The van der Waals surface area contributed by atoms with Gasteiger partial charge in [-0.15, -0.1) is 0 Å². The molecule has 8 heteroatoms. The molecule has 144 valence electrons. The van der Waals surface area contributed by atoms with Crippen molar-refractivity contribution in [2.45, 2.75) is 31.5 Å². The molecule has 2 aliphatic rings. The van der Waals surface area contributed by atoms with E-state index in [1.54, 1.807) is 6.07 Å². The zero-order valence-electron chi connectivity index (χ0n) is 15.3. The highest BCUT2D eigenvalue weighted by Crippen LogP contribution is 2.20. The maximum absolute atomic E-state index is 12.8. The molecule has 1 aromatic heterocycles. The third-order valence-corrected chi connectivity index (χ3v) is 5.39. The van der Waals surface area contributed by atoms with Crippen LogP contribution in [0.25, 0.3) is 10.9 Å². The number of carbonyl (C=O) groups excluding carboxylic acids is 1. The van der Waals surface area contributed by atoms with Gasteiger partial charge in [-0.3, -0.25) is 14.5 Å². The van der Waals surface area contributed by atoms with Gasteiger partial charge in [-0.2, -0.15) is 0 Å². The first kappa shape index (κ1) is 18.1. The van der Waals surface area contributed by atoms with E-state index < -0.39 is 6.10 Å². The molecule has 0 spiro atoms. The fraction of sp³-hybridized carbons (Fsp3) is 0.526. The van der Waals surface area contributed by atoms with Crippen molar-refractivity contribution in [3.63, 3.8) is 0 Å². The molecule has 2 aliphatic heterocycles. The second-order valence-corrected chi connectivity index (χ2v) is 7.19. The average Bonchev–Trinajstić information content (AvgIpc) is 3.16. The number of rotatable bonds is 4. The molecule has 0 bridgehead atoms. The Balaban J connectivity index is 1.46. The smallest absolute Gasteiger partial charge is 0.258 e. The zero-order chi connectivity index (χ0) is 18.8. The van der Waals surface area contributed by atoms with Gasteiger partial charge in [-0.05, 0) is 25.0 Å². The maximum atomic E-state index is 12.8. The predicted octanol–water partition coefficient (Wildman–Crippen LogP) is 0.0736. The van der Waals surface area contributed by atoms with Gasteiger partial charge in [0.15, 0.2) is 0 Å². The molecule has 2 saturated heterocycles. The van der Waals surface area contributed by atoms with Crippen molar-refractivity contribution in [2.24, 2.45) is 5.73 Å². The van der Waals surface area contributed by atoms with Crippen molar-refractivity contribution in [3.8, 4) is 0 Å². The minimum absolute atomic E-state index is 0.0209. The highest BCUT2D eigenvalue weighted by atomic mass is 16.5. The van der Waals surface area contributed by atoms with E-state index >= 15 is 0 Å². The van der Waals surface area contributed by atoms with Crippen molar-refractivity contribution in [1.29, 1.82) is 0 Å². The monoisotopic (exact) mass is 371 g/mol. The summed E-state index contributed by atoms with van der Waals surface area (Å²) >= 11 is 0. The van der Waals surface area contributed by atoms with Crippen LogP contribution in [0.1, 0.15) is 18.7 Å². The van der Waals surface area contributed by atoms with Gasteiger partial charge < -0.3 is 20.4 Å². The van der Waals surface area contributed by atoms with Gasteiger partial charge in [0.1, 0.15) is 11.9 Å². The number of likely N-dealkylation sites (tertiary alicyclic amines) is 1. The normalized spacial score (nSPS) is 23.8. The van der Waals surface area contributed by atoms with E-state index in [9.17, 15) is 9.59 Å². The van der Waals surface area contributed by atoms with Crippen LogP contribution in [0.3, 0.4) is 0 Å². The Hall–Kier alpha value is -2.29. The predicted molar refractivity (Wildman–Crippen MR) is 101 cm³/mol. The molecular weight excluding hydrogens is 346 g/mol. The Morgan fingerprint density at radius 3 is 3.04 bits per heavy atom. The molecule has 0 aliphatic carbocycles. The largest absolute Gasteiger partial charge is 0.366 e. The van der Waals surface area contributed by atoms with Crippen LogP contribution >= 0.6 is 0 Å². The summed E-state index contributed by atoms with van der Waals surface area (Å²) in [5.41, 5.74) is 6.33. The topological polar surface area (TPSA) is 105 Å². The number of aromatic amines is 1. The Morgan fingerprint density at radius 1 is 1.33 bits per heavy atom. The quantitative estimate of drug-likeness (QED) is 0.788. The summed E-state index contributed by atoms with van der Waals surface area (Å²) in [7, 11) is 0. The summed E-state index contributed by atoms with van der Waals surface area (Å²) in [6.07, 6.45) is 1.46. The lowest BCUT2D eigenvalue weighted by Gasteiger charge is -2.35. The van der Waals surface area contributed by atoms with Crippen molar-refractivity contribution in [1.82, 2.24) is 19.8 Å². The van der Waals surface area contributed by atoms with Gasteiger partial charge in [0.2, 0.25) is 0 Å². The summed E-state index contributed by atoms with van der Waals surface area (Å²) in [5.74, 6) is 0.625. The third-order valence-electron chi connectivity index (χ3n) is 5.39. The minimum Gasteiger partial charge on any atom is -0.366 e. The fourth-order valence-corrected chi connectivity index (χ4v) is 3.97. The van der Waals surface area contributed by atoms with E-state index in [0.29, 0.717) is 49.5 Å². The Kier molecular flexibility index (Phi) is 5.20. The summed E-state index contributed by atoms with van der Waals surface area (Å²) in [6, 6.07) is 7.41. The highest BCUT2D eigenvalue weighted by Gasteiger charge is 2.35. The van der Waals surface area contributed by atoms with Crippen molar-refractivity contribution in [3.05, 3.63) is 40.4 Å². The number of H-pyrrole nitrogens is 1. The number of morpholine rings is 1. The van der Waals surface area contributed by atoms with Crippen LogP contribution < -0.4 is 11.3 Å². The van der Waals surface area contributed by atoms with Gasteiger partial charge in [-0.25, -0.2) is 4.98 Å². The average molecular weight is 371 g/mol. The van der Waals surface area contributed by atoms with Crippen molar-refractivity contribution < 1.29 is 9.53 Å². The molecule has 2 atom stereocenters. The number of nitrogens with two attached hydrogens (primary N) is 1. The second kappa shape index (κ2) is 7.75. The van der Waals surface area contributed by atoms with Gasteiger partial charge in [0, 0.05) is 32.2 Å². The molecule has 4 rings (SSSR count). The number of hydrogen-bond acceptors (Lipinski definition) is 6. The van der Waals surface area contributed by atoms with E-state index in [4.69, 9.17) is 10.5 Å². The summed E-state index contributed by atoms with van der Waals surface area (Å²) in [5, 5.41) is 0.582. The Labute approximate surface area is 157 Å². The molecular formula is C19H25N5O3. The fourth-order valence-electron chi connectivity index (χ4n) is 3.97. The van der Waals surface area contributed by atoms with E-state index in [1.165, 1.54) is 0 Å². The van der Waals surface area contributed by atoms with Crippen LogP contribution in [-0.2, 0) is 16.1 Å². The lowest BCUT2D eigenvalue weighted by Crippen LogP contribution is -2.52. The lowest BCUT2D eigenvalue weighted by molar-refractivity contribution is -0.150. The van der Waals surface area contributed by atoms with Gasteiger partial charge in [0.05, 0.1) is 24.1 Å². The van der Waals surface area contributed by atoms with Crippen LogP contribution in [0.2, 0.25) is 0 Å². The number of fused-ring (bicyclic) bond motifs is 1. The number of hydrogen-bond donors (Lipinski definition) is 2. The number of nitrogens with one attached hydrogen (secondary N) is 1. The van der Waals surface area contributed by atoms with Crippen LogP contribution in [0, 0.1) is 0 Å². The maximum Gasteiger partial charge on any atom is 0.258 e. The number of aromatic nitrogens is 2. The number of amides is 1. The van der Waals surface area contributed by atoms with E-state index in [0.717, 1.165) is 19.4 Å². The SMILES string of the molecule is NC[C@@H]1CCCN1C(=O)[C@H]1CN(Cc2nc3ccccc3c(=O)[nH]2)CCO1. The zero-order valence-corrected chi connectivity index (χ0v) is 15.3. The summed E-state index contributed by atoms with van der Waals surface area (Å²) in [4.78, 5) is 36.5. The Morgan fingerprint density at radius 2 is 2.19 bits per heavy atom. The van der Waals surface area contributed by atoms with Crippen LogP contribution in [0.4, 0.5) is 0 Å². The van der Waals surface area contributed by atoms with E-state index in [-0.39, 0.29) is 17.5 Å². The molecule has 0 saturated carbocycles. The Bertz CT molecular complexity index is 883. The number of carbonyl (C=O) groups is 1. The first-order valence-corrected chi connectivity index (χ1v) is 9.48. The molecule has 2 aromatic rings. The lowest BCUT2D eigenvalue weighted by atomic mass is 10.2. The molecule has 3 N–H and O–H groups in total. The van der Waals surface area contributed by atoms with Crippen LogP contribution in [0.15, 0.2) is 29.1 Å². The number of benzene rings is 1. The van der Waals surface area contributed by atoms with E-state index in [1.807, 2.05) is 23.1 Å². The van der Waals surface area contributed by atoms with Gasteiger partial charge >= 0.3 is 0 Å². The molecule has 1 amide bonds. The number of ether oxygens (including phenoxy) is 1. The molecule has 3 heterocycles. The first-order valence-electron chi connectivity index (χ1n) is 9.48. The summed E-state index contributed by atoms with van der Waals surface area (Å²) < 4.78 is 5.74. The number of nitrogens with zero attached hydrogens (tertiary/aromatic N) is 3. The first-order chi connectivity index (χ1) is 13.2. The number of para-hydroxylation sites is 1. The molecule has 27 heavy (non-hydrogen) atoms. The molecule has 0 unspecified atom stereocenters. The van der Waals surface area contributed by atoms with Crippen molar-refractivity contribution in [2.75, 3.05) is 32.8 Å². The molecule has 2 fully saturated rings. The molecule has 8 nitrogen and oxygen atoms in total. The van der Waals surface area contributed by atoms with E-state index in [2.05, 4.69) is 14.9 Å². The van der Waals surface area contributed by atoms with Gasteiger partial charge in [-0.1, -0.05) is 12.1 Å². The molecule has 0 radical (unpaired) electrons. The van der Waals surface area contributed by atoms with Crippen LogP contribution in [0.5, 0.6) is 0 Å². The second-order valence-electron chi connectivity index (χ2n) is 7.19. The summed E-state index contributed by atoms with van der Waals surface area (Å²) in [6.45, 7) is 3.39. The standard InChI is InChI=1S/C19H25N5O3/c20-10-13-4-3-7-24(13)19(26)16-11-23(8-9-27-16)12-17-21-15-6-2-1-5-14(15)18(25)22-17/h1-2,5-6,13,16H,3-4,7-12,20H2,(H,21,22,25)/t13-,16+/m0/s1. The van der Waals surface area contributed by atoms with Gasteiger partial charge in [0.25, 0.3) is 11.5 Å². The molecule has 1 aromatic carbocycles. The third kappa shape index (κ3) is 3.73. The minimum atomic E-state index is -0.488.